The summed E-state index contributed by atoms with van der Waals surface area (Å²) in [5.74, 6) is 0. The number of hydrogen-bond acceptors (Lipinski definition) is 2. The summed E-state index contributed by atoms with van der Waals surface area (Å²) in [6.45, 7) is 14.0. The molecule has 13 rings (SSSR count). The lowest BCUT2D eigenvalue weighted by molar-refractivity contribution is 0.591. The predicted octanol–water partition coefficient (Wildman–Crippen LogP) is 15.8. The van der Waals surface area contributed by atoms with Crippen molar-refractivity contribution in [1.82, 2.24) is 13.8 Å². The Bertz CT molecular complexity index is 3890. The Morgan fingerprint density at radius 3 is 1.64 bits per heavy atom. The summed E-state index contributed by atoms with van der Waals surface area (Å²) in [6.07, 6.45) is 0. The van der Waals surface area contributed by atoms with E-state index in [2.05, 4.69) is 213 Å². The lowest BCUT2D eigenvalue weighted by Crippen LogP contribution is -2.15. The van der Waals surface area contributed by atoms with Gasteiger partial charge in [0.05, 0.1) is 38.8 Å². The summed E-state index contributed by atoms with van der Waals surface area (Å²) >= 11 is 0. The molecule has 0 N–H and O–H groups in total. The molecule has 13 aromatic rings. The molecule has 0 unspecified atom stereocenters. The Kier molecular flexibility index (Phi) is 6.69. The molecule has 0 atom stereocenters. The minimum Gasteiger partial charge on any atom is -0.308 e. The Balaban J connectivity index is 1.28. The van der Waals surface area contributed by atoms with Crippen LogP contribution >= 0.6 is 0 Å². The molecule has 0 spiro atoms. The second-order valence-corrected chi connectivity index (χ2v) is 19.3. The first-order valence-corrected chi connectivity index (χ1v) is 21.6. The average Bonchev–Trinajstić information content (AvgIpc) is 3.98. The Labute approximate surface area is 353 Å². The van der Waals surface area contributed by atoms with Crippen molar-refractivity contribution >= 4 is 115 Å². The number of aromatic nitrogens is 3. The van der Waals surface area contributed by atoms with Crippen molar-refractivity contribution in [3.63, 3.8) is 0 Å². The zero-order valence-corrected chi connectivity index (χ0v) is 35.3. The van der Waals surface area contributed by atoms with Crippen molar-refractivity contribution in [2.24, 2.45) is 0 Å². The second kappa shape index (κ2) is 11.8. The molecule has 4 heteroatoms. The van der Waals surface area contributed by atoms with E-state index in [9.17, 15) is 0 Å². The van der Waals surface area contributed by atoms with Crippen molar-refractivity contribution in [1.29, 1.82) is 0 Å². The molecule has 0 aliphatic rings. The van der Waals surface area contributed by atoms with E-state index in [0.717, 1.165) is 33.7 Å². The van der Waals surface area contributed by atoms with Crippen molar-refractivity contribution in [3.8, 4) is 0 Å². The van der Waals surface area contributed by atoms with Crippen LogP contribution in [0.4, 0.5) is 17.1 Å². The van der Waals surface area contributed by atoms with Gasteiger partial charge in [0, 0.05) is 49.1 Å². The Morgan fingerprint density at radius 1 is 0.410 bits per heavy atom. The molecule has 0 aliphatic carbocycles. The fourth-order valence-corrected chi connectivity index (χ4v) is 10.6. The number of para-hydroxylation sites is 2. The van der Waals surface area contributed by atoms with Gasteiger partial charge in [-0.15, -0.1) is 0 Å². The van der Waals surface area contributed by atoms with Gasteiger partial charge in [0.15, 0.2) is 0 Å². The molecule has 5 heterocycles. The fourth-order valence-electron chi connectivity index (χ4n) is 10.6. The molecule has 0 fully saturated rings. The fraction of sp³-hybridized carbons (Fsp3) is 0.140. The van der Waals surface area contributed by atoms with Gasteiger partial charge >= 0.3 is 0 Å². The lowest BCUT2D eigenvalue weighted by Gasteiger charge is -2.29. The third kappa shape index (κ3) is 4.62. The van der Waals surface area contributed by atoms with Gasteiger partial charge in [-0.1, -0.05) is 133 Å². The highest BCUT2D eigenvalue weighted by Crippen LogP contribution is 2.51. The van der Waals surface area contributed by atoms with Crippen molar-refractivity contribution in [2.45, 2.75) is 52.4 Å². The number of anilines is 3. The van der Waals surface area contributed by atoms with Crippen molar-refractivity contribution in [2.75, 3.05) is 4.90 Å². The van der Waals surface area contributed by atoms with Gasteiger partial charge in [0.2, 0.25) is 0 Å². The van der Waals surface area contributed by atoms with E-state index >= 15 is 0 Å². The molecule has 8 aromatic carbocycles. The van der Waals surface area contributed by atoms with Crippen LogP contribution in [0, 0.1) is 0 Å². The summed E-state index contributed by atoms with van der Waals surface area (Å²) in [7, 11) is 0. The van der Waals surface area contributed by atoms with E-state index in [1.165, 1.54) is 92.4 Å². The molecule has 61 heavy (non-hydrogen) atoms. The van der Waals surface area contributed by atoms with Crippen LogP contribution in [0.1, 0.15) is 52.7 Å². The van der Waals surface area contributed by atoms with E-state index in [0.29, 0.717) is 0 Å². The Hall–Kier alpha value is -7.17. The largest absolute Gasteiger partial charge is 0.308 e. The topological polar surface area (TPSA) is 25.0 Å². The van der Waals surface area contributed by atoms with Gasteiger partial charge in [-0.05, 0) is 110 Å². The van der Waals surface area contributed by atoms with Crippen LogP contribution in [0.5, 0.6) is 0 Å². The third-order valence-electron chi connectivity index (χ3n) is 13.6. The standard InChI is InChI=1S/C57H44N4/c1-56(2,3)35-28-43-44-32-47-51(58-55(44)61-46-26-25-33-17-13-15-23-39(33)49(46)45(30-35)52(43)61)50-40-24-16-14-18-34(40)27-41-42-29-36(57(4,5)6)31-48(53(42)60(47)54(41)50)59(37-19-9-7-10-20-37)38-21-11-8-12-22-38/h7-32H,1-6H3. The molecular formula is C57H44N4. The molecular weight excluding hydrogens is 741 g/mol. The molecule has 0 saturated carbocycles. The molecule has 0 bridgehead atoms. The number of benzene rings is 8. The molecule has 0 amide bonds. The molecule has 0 radical (unpaired) electrons. The summed E-state index contributed by atoms with van der Waals surface area (Å²) in [6, 6.07) is 58.8. The van der Waals surface area contributed by atoms with Crippen LogP contribution in [-0.2, 0) is 10.8 Å². The number of hydrogen-bond donors (Lipinski definition) is 0. The van der Waals surface area contributed by atoms with E-state index in [4.69, 9.17) is 4.98 Å². The van der Waals surface area contributed by atoms with Gasteiger partial charge in [-0.3, -0.25) is 4.40 Å². The Morgan fingerprint density at radius 2 is 0.967 bits per heavy atom. The van der Waals surface area contributed by atoms with Crippen molar-refractivity contribution < 1.29 is 0 Å². The zero-order chi connectivity index (χ0) is 41.1. The van der Waals surface area contributed by atoms with E-state index in [-0.39, 0.29) is 10.8 Å². The normalized spacial score (nSPS) is 13.1. The maximum Gasteiger partial charge on any atom is 0.146 e. The van der Waals surface area contributed by atoms with Crippen LogP contribution in [0.2, 0.25) is 0 Å². The highest BCUT2D eigenvalue weighted by atomic mass is 15.2. The summed E-state index contributed by atoms with van der Waals surface area (Å²) in [5.41, 5.74) is 13.9. The van der Waals surface area contributed by atoms with Gasteiger partial charge < -0.3 is 9.30 Å². The van der Waals surface area contributed by atoms with E-state index in [1.807, 2.05) is 0 Å². The zero-order valence-electron chi connectivity index (χ0n) is 35.3. The van der Waals surface area contributed by atoms with E-state index < -0.39 is 0 Å². The monoisotopic (exact) mass is 784 g/mol. The lowest BCUT2D eigenvalue weighted by atomic mass is 9.85. The summed E-state index contributed by atoms with van der Waals surface area (Å²) in [4.78, 5) is 8.37. The van der Waals surface area contributed by atoms with Gasteiger partial charge in [0.25, 0.3) is 0 Å². The number of fused-ring (bicyclic) bond motifs is 16. The maximum atomic E-state index is 5.91. The first-order valence-electron chi connectivity index (χ1n) is 21.6. The van der Waals surface area contributed by atoms with Gasteiger partial charge in [-0.25, -0.2) is 4.98 Å². The van der Waals surface area contributed by atoms with Gasteiger partial charge in [0.1, 0.15) is 5.65 Å². The second-order valence-electron chi connectivity index (χ2n) is 19.3. The SMILES string of the molecule is CC(C)(C)c1cc(N(c2ccccc2)c2ccccc2)c2c(c1)c1cc3ccccc3c3c4nc5c(cc4n2c13)c1cc(C(C)(C)C)cc2c3c4ccccc4ccc3n5c12. The number of pyridine rings is 1. The number of nitrogens with zero attached hydrogens (tertiary/aromatic N) is 4. The summed E-state index contributed by atoms with van der Waals surface area (Å²) in [5, 5.41) is 13.8. The first kappa shape index (κ1) is 34.7. The minimum atomic E-state index is -0.0918. The number of rotatable bonds is 3. The molecule has 292 valence electrons. The molecule has 5 aromatic heterocycles. The van der Waals surface area contributed by atoms with Crippen molar-refractivity contribution in [3.05, 3.63) is 169 Å². The van der Waals surface area contributed by atoms with Crippen LogP contribution in [0.3, 0.4) is 0 Å². The van der Waals surface area contributed by atoms with E-state index in [1.54, 1.807) is 0 Å². The smallest absolute Gasteiger partial charge is 0.146 e. The quantitative estimate of drug-likeness (QED) is 0.178. The highest BCUT2D eigenvalue weighted by molar-refractivity contribution is 6.34. The van der Waals surface area contributed by atoms with Gasteiger partial charge in [-0.2, -0.15) is 0 Å². The molecule has 4 nitrogen and oxygen atoms in total. The van der Waals surface area contributed by atoms with Crippen LogP contribution < -0.4 is 4.90 Å². The maximum absolute atomic E-state index is 5.91. The average molecular weight is 785 g/mol. The van der Waals surface area contributed by atoms with Crippen LogP contribution in [-0.4, -0.2) is 13.8 Å². The van der Waals surface area contributed by atoms with Crippen LogP contribution in [0.15, 0.2) is 158 Å². The van der Waals surface area contributed by atoms with Crippen LogP contribution in [0.25, 0.3) is 98.0 Å². The summed E-state index contributed by atoms with van der Waals surface area (Å²) < 4.78 is 5.04. The minimum absolute atomic E-state index is 0.0491. The first-order chi connectivity index (χ1) is 29.5. The molecule has 0 aliphatic heterocycles. The molecule has 0 saturated heterocycles. The highest BCUT2D eigenvalue weighted by Gasteiger charge is 2.30. The third-order valence-corrected chi connectivity index (χ3v) is 13.6. The predicted molar refractivity (Wildman–Crippen MR) is 261 cm³/mol.